The predicted octanol–water partition coefficient (Wildman–Crippen LogP) is 6.40. The summed E-state index contributed by atoms with van der Waals surface area (Å²) in [5.41, 5.74) is 3.77. The summed E-state index contributed by atoms with van der Waals surface area (Å²) in [5, 5.41) is 3.83. The van der Waals surface area contributed by atoms with E-state index in [-0.39, 0.29) is 30.9 Å². The van der Waals surface area contributed by atoms with Crippen molar-refractivity contribution in [1.82, 2.24) is 10.2 Å². The number of rotatable bonds is 11. The van der Waals surface area contributed by atoms with Gasteiger partial charge in [0.15, 0.2) is 6.61 Å². The van der Waals surface area contributed by atoms with Gasteiger partial charge < -0.3 is 15.0 Å². The Morgan fingerprint density at radius 3 is 2.32 bits per heavy atom. The second-order valence-electron chi connectivity index (χ2n) is 9.60. The smallest absolute Gasteiger partial charge is 0.261 e. The molecule has 1 atom stereocenters. The average Bonchev–Trinajstić information content (AvgIpc) is 2.88. The first-order valence-corrected chi connectivity index (χ1v) is 13.1. The molecule has 0 radical (unpaired) electrons. The topological polar surface area (TPSA) is 58.6 Å². The van der Waals surface area contributed by atoms with E-state index >= 15 is 0 Å². The van der Waals surface area contributed by atoms with E-state index < -0.39 is 6.04 Å². The van der Waals surface area contributed by atoms with E-state index in [1.807, 2.05) is 82.3 Å². The molecule has 5 nitrogen and oxygen atoms in total. The first-order valence-electron chi connectivity index (χ1n) is 12.4. The van der Waals surface area contributed by atoms with E-state index in [2.05, 4.69) is 5.32 Å². The Hall–Kier alpha value is -3.02. The highest BCUT2D eigenvalue weighted by Crippen LogP contribution is 2.25. The molecule has 0 saturated heterocycles. The van der Waals surface area contributed by atoms with Crippen LogP contribution in [-0.4, -0.2) is 35.9 Å². The summed E-state index contributed by atoms with van der Waals surface area (Å²) in [4.78, 5) is 28.8. The van der Waals surface area contributed by atoms with Gasteiger partial charge in [-0.15, -0.1) is 0 Å². The second kappa shape index (κ2) is 13.5. The van der Waals surface area contributed by atoms with Crippen molar-refractivity contribution in [3.8, 4) is 5.75 Å². The lowest BCUT2D eigenvalue weighted by atomic mass is 10.0. The van der Waals surface area contributed by atoms with E-state index in [0.717, 1.165) is 22.3 Å². The number of aryl methyl sites for hydroxylation is 1. The highest BCUT2D eigenvalue weighted by atomic mass is 35.5. The Balaban J connectivity index is 1.94. The molecule has 3 rings (SSSR count). The van der Waals surface area contributed by atoms with Crippen LogP contribution in [0.2, 0.25) is 10.0 Å². The zero-order chi connectivity index (χ0) is 26.9. The third-order valence-electron chi connectivity index (χ3n) is 6.20. The summed E-state index contributed by atoms with van der Waals surface area (Å²) in [6.07, 6.45) is 0.362. The minimum absolute atomic E-state index is 0.179. The quantitative estimate of drug-likeness (QED) is 0.306. The predicted molar refractivity (Wildman–Crippen MR) is 150 cm³/mol. The molecule has 2 amide bonds. The maximum Gasteiger partial charge on any atom is 0.261 e. The molecule has 0 aliphatic rings. The molecule has 0 bridgehead atoms. The maximum absolute atomic E-state index is 13.7. The number of nitrogens with one attached hydrogen (secondary N) is 1. The number of benzene rings is 3. The number of ether oxygens (including phenoxy) is 1. The van der Waals surface area contributed by atoms with Crippen LogP contribution in [0.25, 0.3) is 0 Å². The van der Waals surface area contributed by atoms with Gasteiger partial charge in [-0.3, -0.25) is 9.59 Å². The summed E-state index contributed by atoms with van der Waals surface area (Å²) in [6.45, 7) is 8.51. The minimum Gasteiger partial charge on any atom is -0.483 e. The normalized spacial score (nSPS) is 11.8. The molecular weight excluding hydrogens is 507 g/mol. The summed E-state index contributed by atoms with van der Waals surface area (Å²) in [6, 6.07) is 19.9. The molecule has 0 aliphatic carbocycles. The van der Waals surface area contributed by atoms with Gasteiger partial charge in [-0.1, -0.05) is 85.6 Å². The fraction of sp³-hybridized carbons (Fsp3) is 0.333. The van der Waals surface area contributed by atoms with Crippen molar-refractivity contribution in [1.29, 1.82) is 0 Å². The molecule has 0 heterocycles. The van der Waals surface area contributed by atoms with Gasteiger partial charge in [0.2, 0.25) is 5.91 Å². The lowest BCUT2D eigenvalue weighted by Crippen LogP contribution is -2.52. The van der Waals surface area contributed by atoms with Crippen molar-refractivity contribution in [3.05, 3.63) is 99.0 Å². The summed E-state index contributed by atoms with van der Waals surface area (Å²) in [5.74, 6) is 0.408. The molecule has 7 heteroatoms. The van der Waals surface area contributed by atoms with Crippen LogP contribution in [0, 0.1) is 19.8 Å². The average molecular weight is 542 g/mol. The Morgan fingerprint density at radius 2 is 1.65 bits per heavy atom. The van der Waals surface area contributed by atoms with Gasteiger partial charge in [-0.05, 0) is 60.2 Å². The van der Waals surface area contributed by atoms with E-state index in [4.69, 9.17) is 27.9 Å². The van der Waals surface area contributed by atoms with Gasteiger partial charge in [-0.25, -0.2) is 0 Å². The molecular formula is C30H34Cl2N2O3. The van der Waals surface area contributed by atoms with Crippen molar-refractivity contribution >= 4 is 35.0 Å². The molecule has 196 valence electrons. The molecule has 0 aromatic heterocycles. The lowest BCUT2D eigenvalue weighted by molar-refractivity contribution is -0.142. The number of hydrogen-bond acceptors (Lipinski definition) is 3. The number of nitrogens with zero attached hydrogens (tertiary/aromatic N) is 1. The highest BCUT2D eigenvalue weighted by molar-refractivity contribution is 6.42. The Labute approximate surface area is 229 Å². The molecule has 37 heavy (non-hydrogen) atoms. The first-order chi connectivity index (χ1) is 17.7. The van der Waals surface area contributed by atoms with Crippen molar-refractivity contribution < 1.29 is 14.3 Å². The second-order valence-corrected chi connectivity index (χ2v) is 10.4. The SMILES string of the molecule is Cc1cccc(OCC(=O)N(Cc2ccc(Cl)c(Cl)c2)[C@@H](Cc2ccccc2)C(=O)NCC(C)C)c1C. The first kappa shape index (κ1) is 28.5. The molecule has 1 N–H and O–H groups in total. The van der Waals surface area contributed by atoms with Crippen LogP contribution in [0.5, 0.6) is 5.75 Å². The number of halogens is 2. The third-order valence-corrected chi connectivity index (χ3v) is 6.94. The van der Waals surface area contributed by atoms with Gasteiger partial charge in [0.25, 0.3) is 5.91 Å². The zero-order valence-electron chi connectivity index (χ0n) is 21.8. The van der Waals surface area contributed by atoms with Crippen LogP contribution >= 0.6 is 23.2 Å². The lowest BCUT2D eigenvalue weighted by Gasteiger charge is -2.32. The van der Waals surface area contributed by atoms with Crippen molar-refractivity contribution in [2.45, 2.75) is 46.7 Å². The molecule has 0 fully saturated rings. The standard InChI is InChI=1S/C30H34Cl2N2O3/c1-20(2)17-33-30(36)27(16-23-10-6-5-7-11-23)34(18-24-13-14-25(31)26(32)15-24)29(35)19-37-28-12-8-9-21(3)22(28)4/h5-15,20,27H,16-19H2,1-4H3,(H,33,36)/t27-/m0/s1. The Kier molecular flexibility index (Phi) is 10.4. The van der Waals surface area contributed by atoms with Gasteiger partial charge >= 0.3 is 0 Å². The summed E-state index contributed by atoms with van der Waals surface area (Å²) < 4.78 is 5.95. The molecule has 0 spiro atoms. The van der Waals surface area contributed by atoms with Crippen LogP contribution in [0.15, 0.2) is 66.7 Å². The summed E-state index contributed by atoms with van der Waals surface area (Å²) >= 11 is 12.4. The monoisotopic (exact) mass is 540 g/mol. The van der Waals surface area contributed by atoms with Crippen LogP contribution in [0.3, 0.4) is 0 Å². The molecule has 0 saturated carbocycles. The Bertz CT molecular complexity index is 1210. The molecule has 3 aromatic rings. The largest absolute Gasteiger partial charge is 0.483 e. The number of carbonyl (C=O) groups is 2. The maximum atomic E-state index is 13.7. The molecule has 0 unspecified atom stereocenters. The van der Waals surface area contributed by atoms with E-state index in [0.29, 0.717) is 28.8 Å². The van der Waals surface area contributed by atoms with Gasteiger partial charge in [-0.2, -0.15) is 0 Å². The van der Waals surface area contributed by atoms with Crippen molar-refractivity contribution in [3.63, 3.8) is 0 Å². The molecule has 0 aliphatic heterocycles. The summed E-state index contributed by atoms with van der Waals surface area (Å²) in [7, 11) is 0. The number of amides is 2. The van der Waals surface area contributed by atoms with Crippen molar-refractivity contribution in [2.24, 2.45) is 5.92 Å². The fourth-order valence-electron chi connectivity index (χ4n) is 3.91. The number of hydrogen-bond donors (Lipinski definition) is 1. The van der Waals surface area contributed by atoms with Gasteiger partial charge in [0.1, 0.15) is 11.8 Å². The van der Waals surface area contributed by atoms with Crippen LogP contribution in [-0.2, 0) is 22.6 Å². The number of carbonyl (C=O) groups excluding carboxylic acids is 2. The van der Waals surface area contributed by atoms with E-state index in [1.54, 1.807) is 17.0 Å². The van der Waals surface area contributed by atoms with Crippen LogP contribution in [0.4, 0.5) is 0 Å². The molecule has 3 aromatic carbocycles. The Morgan fingerprint density at radius 1 is 0.919 bits per heavy atom. The van der Waals surface area contributed by atoms with E-state index in [9.17, 15) is 9.59 Å². The highest BCUT2D eigenvalue weighted by Gasteiger charge is 2.31. The fourth-order valence-corrected chi connectivity index (χ4v) is 4.23. The third kappa shape index (κ3) is 8.24. The van der Waals surface area contributed by atoms with Crippen molar-refractivity contribution in [2.75, 3.05) is 13.2 Å². The van der Waals surface area contributed by atoms with E-state index in [1.165, 1.54) is 0 Å². The zero-order valence-corrected chi connectivity index (χ0v) is 23.3. The van der Waals surface area contributed by atoms with Gasteiger partial charge in [0, 0.05) is 19.5 Å². The van der Waals surface area contributed by atoms with Gasteiger partial charge in [0.05, 0.1) is 10.0 Å². The minimum atomic E-state index is -0.745. The van der Waals surface area contributed by atoms with Crippen LogP contribution in [0.1, 0.15) is 36.1 Å². The van der Waals surface area contributed by atoms with Crippen LogP contribution < -0.4 is 10.1 Å².